The van der Waals surface area contributed by atoms with Crippen molar-refractivity contribution in [2.24, 2.45) is 0 Å². The Hall–Kier alpha value is -2.21. The van der Waals surface area contributed by atoms with Gasteiger partial charge in [0.05, 0.1) is 4.90 Å². The lowest BCUT2D eigenvalue weighted by Crippen LogP contribution is -2.28. The van der Waals surface area contributed by atoms with Gasteiger partial charge in [0, 0.05) is 39.9 Å². The number of nitrogens with one attached hydrogen (secondary N) is 2. The minimum absolute atomic E-state index is 0.0185. The first kappa shape index (κ1) is 21.5. The fourth-order valence-corrected chi connectivity index (χ4v) is 5.73. The average molecular weight is 441 g/mol. The van der Waals surface area contributed by atoms with Gasteiger partial charge in [-0.2, -0.15) is 4.31 Å². The van der Waals surface area contributed by atoms with E-state index in [1.165, 1.54) is 36.7 Å². The minimum atomic E-state index is -3.66. The molecular weight excluding hydrogens is 416 g/mol. The molecule has 0 radical (unpaired) electrons. The summed E-state index contributed by atoms with van der Waals surface area (Å²) in [7, 11) is -4.40. The molecule has 1 amide bonds. The van der Waals surface area contributed by atoms with Gasteiger partial charge in [0.15, 0.2) is 0 Å². The van der Waals surface area contributed by atoms with Crippen LogP contribution in [0.25, 0.3) is 0 Å². The van der Waals surface area contributed by atoms with Crippen LogP contribution in [0.15, 0.2) is 46.3 Å². The smallest absolute Gasteiger partial charge is 0.268 e. The normalized spacial score (nSPS) is 15.7. The Morgan fingerprint density at radius 1 is 1.14 bits per heavy atom. The molecule has 1 aliphatic heterocycles. The zero-order valence-electron chi connectivity index (χ0n) is 16.3. The predicted octanol–water partition coefficient (Wildman–Crippen LogP) is 0.980. The van der Waals surface area contributed by atoms with Crippen molar-refractivity contribution in [3.63, 3.8) is 0 Å². The molecule has 158 valence electrons. The minimum Gasteiger partial charge on any atom is -0.356 e. The number of hydrogen-bond acceptors (Lipinski definition) is 5. The van der Waals surface area contributed by atoms with Gasteiger partial charge < -0.3 is 10.3 Å². The average Bonchev–Trinajstić information content (AvgIpc) is 3.38. The maximum Gasteiger partial charge on any atom is 0.268 e. The molecule has 1 saturated heterocycles. The number of hydrogen-bond donors (Lipinski definition) is 2. The molecule has 1 aromatic carbocycles. The second-order valence-corrected chi connectivity index (χ2v) is 11.0. The maximum atomic E-state index is 12.6. The molecule has 2 heterocycles. The highest BCUT2D eigenvalue weighted by atomic mass is 32.2. The largest absolute Gasteiger partial charge is 0.356 e. The van der Waals surface area contributed by atoms with Gasteiger partial charge in [0.1, 0.15) is 10.6 Å². The highest BCUT2D eigenvalue weighted by molar-refractivity contribution is 7.89. The molecule has 0 bridgehead atoms. The van der Waals surface area contributed by atoms with E-state index in [0.29, 0.717) is 18.7 Å². The Balaban J connectivity index is 1.74. The molecule has 1 aliphatic rings. The first-order valence-electron chi connectivity index (χ1n) is 9.11. The van der Waals surface area contributed by atoms with Gasteiger partial charge in [-0.25, -0.2) is 21.1 Å². The Bertz CT molecular complexity index is 1100. The Labute approximate surface area is 170 Å². The van der Waals surface area contributed by atoms with Crippen molar-refractivity contribution < 1.29 is 21.6 Å². The first-order chi connectivity index (χ1) is 13.6. The van der Waals surface area contributed by atoms with Gasteiger partial charge >= 0.3 is 0 Å². The third-order valence-electron chi connectivity index (χ3n) is 4.77. The Morgan fingerprint density at radius 2 is 1.79 bits per heavy atom. The second kappa shape index (κ2) is 8.27. The first-order valence-corrected chi connectivity index (χ1v) is 12.0. The van der Waals surface area contributed by atoms with Crippen molar-refractivity contribution in [2.75, 3.05) is 27.2 Å². The van der Waals surface area contributed by atoms with Gasteiger partial charge in [-0.15, -0.1) is 0 Å². The number of rotatable bonds is 7. The fraction of sp³-hybridized carbons (Fsp3) is 0.389. The number of sulfonamides is 2. The number of nitrogens with zero attached hydrogens (tertiary/aromatic N) is 2. The zero-order valence-corrected chi connectivity index (χ0v) is 17.9. The summed E-state index contributed by atoms with van der Waals surface area (Å²) in [6.45, 7) is 0.938. The van der Waals surface area contributed by atoms with E-state index < -0.39 is 26.0 Å². The molecule has 11 heteroatoms. The standard InChI is InChI=1S/C18H24N4O5S2/c1-21(2)29(26,27)17-8-4-3-7-14(17)12-20-18(23)16-11-15(13-19-16)28(24,25)22-9-5-6-10-22/h3-4,7-8,11,13,19H,5-6,9-10,12H2,1-2H3,(H,20,23). The van der Waals surface area contributed by atoms with E-state index in [4.69, 9.17) is 0 Å². The number of aromatic nitrogens is 1. The summed E-state index contributed by atoms with van der Waals surface area (Å²) in [6.07, 6.45) is 2.95. The molecule has 1 aromatic heterocycles. The predicted molar refractivity (Wildman–Crippen MR) is 107 cm³/mol. The summed E-state index contributed by atoms with van der Waals surface area (Å²) in [5.74, 6) is -0.523. The van der Waals surface area contributed by atoms with Crippen LogP contribution in [-0.2, 0) is 26.6 Å². The van der Waals surface area contributed by atoms with Crippen molar-refractivity contribution in [2.45, 2.75) is 29.2 Å². The quantitative estimate of drug-likeness (QED) is 0.665. The SMILES string of the molecule is CN(C)S(=O)(=O)c1ccccc1CNC(=O)c1cc(S(=O)(=O)N2CCCC2)c[nH]1. The van der Waals surface area contributed by atoms with Crippen LogP contribution >= 0.6 is 0 Å². The Kier molecular flexibility index (Phi) is 6.13. The molecule has 9 nitrogen and oxygen atoms in total. The summed E-state index contributed by atoms with van der Waals surface area (Å²) in [6, 6.07) is 7.69. The van der Waals surface area contributed by atoms with E-state index >= 15 is 0 Å². The fourth-order valence-electron chi connectivity index (χ4n) is 3.10. The van der Waals surface area contributed by atoms with Crippen LogP contribution in [0, 0.1) is 0 Å². The van der Waals surface area contributed by atoms with Gasteiger partial charge in [-0.05, 0) is 30.5 Å². The lowest BCUT2D eigenvalue weighted by atomic mass is 10.2. The van der Waals surface area contributed by atoms with Crippen LogP contribution in [0.5, 0.6) is 0 Å². The highest BCUT2D eigenvalue weighted by Crippen LogP contribution is 2.22. The molecule has 0 spiro atoms. The van der Waals surface area contributed by atoms with E-state index in [-0.39, 0.29) is 22.0 Å². The van der Waals surface area contributed by atoms with E-state index in [1.54, 1.807) is 18.2 Å². The zero-order chi connectivity index (χ0) is 21.2. The van der Waals surface area contributed by atoms with E-state index in [2.05, 4.69) is 10.3 Å². The summed E-state index contributed by atoms with van der Waals surface area (Å²) >= 11 is 0. The van der Waals surface area contributed by atoms with Crippen molar-refractivity contribution >= 4 is 26.0 Å². The molecule has 1 fully saturated rings. The number of aromatic amines is 1. The van der Waals surface area contributed by atoms with Crippen molar-refractivity contribution in [1.29, 1.82) is 0 Å². The van der Waals surface area contributed by atoms with Crippen molar-refractivity contribution in [3.05, 3.63) is 47.8 Å². The van der Waals surface area contributed by atoms with Crippen LogP contribution in [0.2, 0.25) is 0 Å². The van der Waals surface area contributed by atoms with Gasteiger partial charge in [-0.1, -0.05) is 18.2 Å². The van der Waals surface area contributed by atoms with Gasteiger partial charge in [0.2, 0.25) is 20.0 Å². The second-order valence-electron chi connectivity index (χ2n) is 6.94. The number of carbonyl (C=O) groups is 1. The topological polar surface area (TPSA) is 120 Å². The van der Waals surface area contributed by atoms with Crippen LogP contribution in [0.3, 0.4) is 0 Å². The molecule has 0 aliphatic carbocycles. The number of H-pyrrole nitrogens is 1. The summed E-state index contributed by atoms with van der Waals surface area (Å²) in [4.78, 5) is 15.3. The summed E-state index contributed by atoms with van der Waals surface area (Å²) in [5, 5.41) is 2.64. The number of carbonyl (C=O) groups excluding carboxylic acids is 1. The molecule has 2 N–H and O–H groups in total. The number of benzene rings is 1. The van der Waals surface area contributed by atoms with Gasteiger partial charge in [-0.3, -0.25) is 4.79 Å². The van der Waals surface area contributed by atoms with Gasteiger partial charge in [0.25, 0.3) is 5.91 Å². The maximum absolute atomic E-state index is 12.6. The third kappa shape index (κ3) is 4.37. The highest BCUT2D eigenvalue weighted by Gasteiger charge is 2.28. The molecule has 3 rings (SSSR count). The number of amides is 1. The van der Waals surface area contributed by atoms with Crippen molar-refractivity contribution in [3.8, 4) is 0 Å². The van der Waals surface area contributed by atoms with E-state index in [1.807, 2.05) is 0 Å². The molecule has 0 saturated carbocycles. The van der Waals surface area contributed by atoms with Crippen LogP contribution in [0.4, 0.5) is 0 Å². The monoisotopic (exact) mass is 440 g/mol. The molecule has 0 unspecified atom stereocenters. The molecule has 2 aromatic rings. The summed E-state index contributed by atoms with van der Waals surface area (Å²) in [5.41, 5.74) is 0.529. The van der Waals surface area contributed by atoms with Crippen LogP contribution < -0.4 is 5.32 Å². The molecular formula is C18H24N4O5S2. The van der Waals surface area contributed by atoms with E-state index in [0.717, 1.165) is 17.1 Å². The molecule has 0 atom stereocenters. The lowest BCUT2D eigenvalue weighted by molar-refractivity contribution is 0.0946. The van der Waals surface area contributed by atoms with Crippen molar-refractivity contribution in [1.82, 2.24) is 18.9 Å². The van der Waals surface area contributed by atoms with Crippen LogP contribution in [-0.4, -0.2) is 63.5 Å². The van der Waals surface area contributed by atoms with E-state index in [9.17, 15) is 21.6 Å². The summed E-state index contributed by atoms with van der Waals surface area (Å²) < 4.78 is 52.5. The molecule has 29 heavy (non-hydrogen) atoms. The van der Waals surface area contributed by atoms with Crippen LogP contribution in [0.1, 0.15) is 28.9 Å². The Morgan fingerprint density at radius 3 is 2.45 bits per heavy atom. The lowest BCUT2D eigenvalue weighted by Gasteiger charge is -2.15. The third-order valence-corrected chi connectivity index (χ3v) is 8.57.